The lowest BCUT2D eigenvalue weighted by molar-refractivity contribution is -0.150. The number of carbonyl (C=O) groups is 1. The van der Waals surface area contributed by atoms with E-state index in [1.807, 2.05) is 23.1 Å². The number of morpholine rings is 1. The molecule has 2 fully saturated rings. The third-order valence-electron chi connectivity index (χ3n) is 5.08. The fourth-order valence-corrected chi connectivity index (χ4v) is 3.92. The summed E-state index contributed by atoms with van der Waals surface area (Å²) in [6.07, 6.45) is 3.95. The Hall–Kier alpha value is -2.05. The molecule has 2 aliphatic heterocycles. The molecule has 3 aliphatic rings. The molecule has 4 rings (SSSR count). The van der Waals surface area contributed by atoms with Crippen LogP contribution < -0.4 is 9.47 Å². The Morgan fingerprint density at radius 3 is 3.08 bits per heavy atom. The van der Waals surface area contributed by atoms with E-state index < -0.39 is 0 Å². The maximum absolute atomic E-state index is 12.9. The molecule has 0 unspecified atom stereocenters. The Kier molecular flexibility index (Phi) is 4.63. The number of rotatable bonds is 5. The SMILES string of the molecule is C=CCO[C@@H]1CC[C@@H]2[C@H]1OCCN2C(=O)Cc1ccc2c(c1)OCO2. The van der Waals surface area contributed by atoms with Crippen LogP contribution in [-0.4, -0.2) is 55.6 Å². The summed E-state index contributed by atoms with van der Waals surface area (Å²) in [5.41, 5.74) is 0.940. The van der Waals surface area contributed by atoms with Gasteiger partial charge in [-0.2, -0.15) is 0 Å². The number of amides is 1. The molecule has 1 saturated heterocycles. The largest absolute Gasteiger partial charge is 0.454 e. The van der Waals surface area contributed by atoms with Gasteiger partial charge >= 0.3 is 0 Å². The van der Waals surface area contributed by atoms with Crippen molar-refractivity contribution in [3.63, 3.8) is 0 Å². The topological polar surface area (TPSA) is 57.2 Å². The Morgan fingerprint density at radius 2 is 2.20 bits per heavy atom. The molecule has 2 heterocycles. The summed E-state index contributed by atoms with van der Waals surface area (Å²) in [6, 6.07) is 5.78. The molecule has 1 aliphatic carbocycles. The number of fused-ring (bicyclic) bond motifs is 2. The average molecular weight is 345 g/mol. The van der Waals surface area contributed by atoms with Crippen LogP contribution in [0, 0.1) is 0 Å². The Balaban J connectivity index is 1.42. The number of hydrogen-bond acceptors (Lipinski definition) is 5. The van der Waals surface area contributed by atoms with Crippen molar-refractivity contribution in [1.82, 2.24) is 4.90 Å². The molecule has 0 spiro atoms. The van der Waals surface area contributed by atoms with Crippen molar-refractivity contribution in [3.8, 4) is 11.5 Å². The minimum Gasteiger partial charge on any atom is -0.454 e. The van der Waals surface area contributed by atoms with Gasteiger partial charge in [-0.05, 0) is 30.5 Å². The lowest BCUT2D eigenvalue weighted by Gasteiger charge is -2.39. The summed E-state index contributed by atoms with van der Waals surface area (Å²) in [7, 11) is 0. The zero-order valence-corrected chi connectivity index (χ0v) is 14.2. The standard InChI is InChI=1S/C19H23NO5/c1-2-8-22-16-6-4-14-19(16)23-9-7-20(14)18(21)11-13-3-5-15-17(10-13)25-12-24-15/h2-3,5,10,14,16,19H,1,4,6-9,11-12H2/t14-,16-,19-/m1/s1. The third-order valence-corrected chi connectivity index (χ3v) is 5.08. The summed E-state index contributed by atoms with van der Waals surface area (Å²) in [6.45, 7) is 5.64. The smallest absolute Gasteiger partial charge is 0.231 e. The Bertz CT molecular complexity index is 661. The first-order valence-electron chi connectivity index (χ1n) is 8.78. The van der Waals surface area contributed by atoms with Gasteiger partial charge in [0, 0.05) is 6.54 Å². The first-order chi connectivity index (χ1) is 12.3. The number of ether oxygens (including phenoxy) is 4. The Morgan fingerprint density at radius 1 is 1.32 bits per heavy atom. The molecule has 0 bridgehead atoms. The highest BCUT2D eigenvalue weighted by atomic mass is 16.7. The normalized spacial score (nSPS) is 27.2. The van der Waals surface area contributed by atoms with Crippen LogP contribution in [0.25, 0.3) is 0 Å². The number of hydrogen-bond donors (Lipinski definition) is 0. The van der Waals surface area contributed by atoms with Gasteiger partial charge in [-0.3, -0.25) is 4.79 Å². The highest BCUT2D eigenvalue weighted by Gasteiger charge is 2.44. The van der Waals surface area contributed by atoms with Crippen LogP contribution in [0.3, 0.4) is 0 Å². The van der Waals surface area contributed by atoms with Crippen molar-refractivity contribution in [2.45, 2.75) is 37.5 Å². The predicted octanol–water partition coefficient (Wildman–Crippen LogP) is 1.92. The maximum atomic E-state index is 12.9. The number of benzene rings is 1. The van der Waals surface area contributed by atoms with E-state index in [1.165, 1.54) is 0 Å². The summed E-state index contributed by atoms with van der Waals surface area (Å²) in [4.78, 5) is 14.8. The monoisotopic (exact) mass is 345 g/mol. The van der Waals surface area contributed by atoms with Gasteiger partial charge in [0.2, 0.25) is 12.7 Å². The van der Waals surface area contributed by atoms with Crippen LogP contribution in [0.4, 0.5) is 0 Å². The van der Waals surface area contributed by atoms with Crippen molar-refractivity contribution in [3.05, 3.63) is 36.4 Å². The van der Waals surface area contributed by atoms with Gasteiger partial charge in [-0.25, -0.2) is 0 Å². The highest BCUT2D eigenvalue weighted by Crippen LogP contribution is 2.34. The minimum atomic E-state index is -0.0330. The molecule has 6 nitrogen and oxygen atoms in total. The molecule has 1 saturated carbocycles. The fraction of sp³-hybridized carbons (Fsp3) is 0.526. The third kappa shape index (κ3) is 3.24. The van der Waals surface area contributed by atoms with Crippen LogP contribution in [0.15, 0.2) is 30.9 Å². The van der Waals surface area contributed by atoms with E-state index in [4.69, 9.17) is 18.9 Å². The van der Waals surface area contributed by atoms with Crippen molar-refractivity contribution in [2.75, 3.05) is 26.6 Å². The maximum Gasteiger partial charge on any atom is 0.231 e. The summed E-state index contributed by atoms with van der Waals surface area (Å²) >= 11 is 0. The van der Waals surface area contributed by atoms with Crippen LogP contribution in [0.1, 0.15) is 18.4 Å². The van der Waals surface area contributed by atoms with Gasteiger partial charge < -0.3 is 23.8 Å². The second-order valence-electron chi connectivity index (χ2n) is 6.59. The second-order valence-corrected chi connectivity index (χ2v) is 6.59. The summed E-state index contributed by atoms with van der Waals surface area (Å²) in [5, 5.41) is 0. The zero-order valence-electron chi connectivity index (χ0n) is 14.2. The first kappa shape index (κ1) is 16.4. The van der Waals surface area contributed by atoms with E-state index in [2.05, 4.69) is 6.58 Å². The molecule has 6 heteroatoms. The fourth-order valence-electron chi connectivity index (χ4n) is 3.92. The highest BCUT2D eigenvalue weighted by molar-refractivity contribution is 5.79. The lowest BCUT2D eigenvalue weighted by Crippen LogP contribution is -2.54. The van der Waals surface area contributed by atoms with Crippen molar-refractivity contribution in [1.29, 1.82) is 0 Å². The van der Waals surface area contributed by atoms with E-state index in [-0.39, 0.29) is 30.9 Å². The van der Waals surface area contributed by atoms with Crippen LogP contribution in [0.2, 0.25) is 0 Å². The van der Waals surface area contributed by atoms with Gasteiger partial charge in [-0.1, -0.05) is 12.1 Å². The van der Waals surface area contributed by atoms with Crippen molar-refractivity contribution >= 4 is 5.91 Å². The van der Waals surface area contributed by atoms with Crippen LogP contribution in [-0.2, 0) is 20.7 Å². The summed E-state index contributed by atoms with van der Waals surface area (Å²) in [5.74, 6) is 1.58. The van der Waals surface area contributed by atoms with Crippen molar-refractivity contribution in [2.24, 2.45) is 0 Å². The van der Waals surface area contributed by atoms with Gasteiger partial charge in [0.05, 0.1) is 31.8 Å². The van der Waals surface area contributed by atoms with Crippen LogP contribution in [0.5, 0.6) is 11.5 Å². The van der Waals surface area contributed by atoms with Crippen molar-refractivity contribution < 1.29 is 23.7 Å². The molecule has 1 aromatic carbocycles. The van der Waals surface area contributed by atoms with Gasteiger partial charge in [0.1, 0.15) is 6.10 Å². The average Bonchev–Trinajstić information content (AvgIpc) is 3.25. The first-order valence-corrected chi connectivity index (χ1v) is 8.78. The van der Waals surface area contributed by atoms with E-state index in [0.29, 0.717) is 31.9 Å². The molecule has 0 radical (unpaired) electrons. The van der Waals surface area contributed by atoms with Gasteiger partial charge in [0.15, 0.2) is 11.5 Å². The van der Waals surface area contributed by atoms with Gasteiger partial charge in [-0.15, -0.1) is 6.58 Å². The van der Waals surface area contributed by atoms with E-state index in [0.717, 1.165) is 24.2 Å². The molecule has 0 N–H and O–H groups in total. The van der Waals surface area contributed by atoms with E-state index in [9.17, 15) is 4.79 Å². The molecule has 25 heavy (non-hydrogen) atoms. The number of nitrogens with zero attached hydrogens (tertiary/aromatic N) is 1. The minimum absolute atomic E-state index is 0.0330. The van der Waals surface area contributed by atoms with E-state index >= 15 is 0 Å². The molecule has 1 amide bonds. The van der Waals surface area contributed by atoms with E-state index in [1.54, 1.807) is 6.08 Å². The number of carbonyl (C=O) groups excluding carboxylic acids is 1. The van der Waals surface area contributed by atoms with Gasteiger partial charge in [0.25, 0.3) is 0 Å². The molecule has 3 atom stereocenters. The molecule has 134 valence electrons. The quantitative estimate of drug-likeness (QED) is 0.763. The summed E-state index contributed by atoms with van der Waals surface area (Å²) < 4.78 is 22.4. The zero-order chi connectivity index (χ0) is 17.2. The molecular formula is C19H23NO5. The molecular weight excluding hydrogens is 322 g/mol. The second kappa shape index (κ2) is 7.06. The lowest BCUT2D eigenvalue weighted by atomic mass is 10.1. The predicted molar refractivity (Wildman–Crippen MR) is 90.7 cm³/mol. The Labute approximate surface area is 147 Å². The van der Waals surface area contributed by atoms with Crippen LogP contribution >= 0.6 is 0 Å². The molecule has 0 aromatic heterocycles. The molecule has 1 aromatic rings.